The molecule has 0 aliphatic carbocycles. The molecule has 0 unspecified atom stereocenters. The van der Waals surface area contributed by atoms with Gasteiger partial charge in [-0.25, -0.2) is 0 Å². The van der Waals surface area contributed by atoms with Crippen molar-refractivity contribution in [2.75, 3.05) is 16.4 Å². The molecule has 5 N–H and O–H groups in total. The highest BCUT2D eigenvalue weighted by Gasteiger charge is 2.32. The van der Waals surface area contributed by atoms with Gasteiger partial charge in [0.15, 0.2) is 0 Å². The van der Waals surface area contributed by atoms with Crippen molar-refractivity contribution in [1.29, 1.82) is 0 Å². The molecule has 10 heteroatoms. The van der Waals surface area contributed by atoms with Gasteiger partial charge in [0.25, 0.3) is 29.2 Å². The van der Waals surface area contributed by atoms with Crippen LogP contribution in [0.1, 0.15) is 41.4 Å². The first kappa shape index (κ1) is 23.2. The Morgan fingerprint density at radius 2 is 1.22 bits per heavy atom. The van der Waals surface area contributed by atoms with Crippen molar-refractivity contribution >= 4 is 40.8 Å². The van der Waals surface area contributed by atoms with E-state index < -0.39 is 29.2 Å². The van der Waals surface area contributed by atoms with Crippen LogP contribution in [0.3, 0.4) is 0 Å². The van der Waals surface area contributed by atoms with Crippen molar-refractivity contribution in [3.63, 3.8) is 0 Å². The summed E-state index contributed by atoms with van der Waals surface area (Å²) in [6.45, 7) is 0. The summed E-state index contributed by atoms with van der Waals surface area (Å²) in [7, 11) is 0. The minimum atomic E-state index is -0.744. The number of fused-ring (bicyclic) bond motifs is 1. The number of nitrogens with one attached hydrogen (secondary N) is 3. The van der Waals surface area contributed by atoms with Gasteiger partial charge >= 0.3 is 0 Å². The highest BCUT2D eigenvalue weighted by Crippen LogP contribution is 2.25. The monoisotopic (exact) mass is 493 g/mol. The van der Waals surface area contributed by atoms with E-state index in [2.05, 4.69) is 16.0 Å². The first-order chi connectivity index (χ1) is 17.8. The smallest absolute Gasteiger partial charge is 0.262 e. The van der Waals surface area contributed by atoms with Crippen LogP contribution in [0.4, 0.5) is 17.2 Å². The Bertz CT molecular complexity index is 1570. The molecule has 2 heterocycles. The van der Waals surface area contributed by atoms with Crippen LogP contribution in [0.15, 0.2) is 89.7 Å². The molecule has 37 heavy (non-hydrogen) atoms. The number of hydrogen-bond donors (Lipinski definition) is 4. The summed E-state index contributed by atoms with van der Waals surface area (Å²) in [4.78, 5) is 63.5. The number of para-hydroxylation sites is 2. The molecule has 4 aromatic rings. The molecule has 1 aliphatic rings. The van der Waals surface area contributed by atoms with Crippen molar-refractivity contribution in [3.8, 4) is 5.69 Å². The third kappa shape index (κ3) is 4.46. The van der Waals surface area contributed by atoms with E-state index in [1.807, 2.05) is 0 Å². The Balaban J connectivity index is 1.63. The lowest BCUT2D eigenvalue weighted by atomic mass is 10.1. The van der Waals surface area contributed by atoms with Crippen molar-refractivity contribution < 1.29 is 19.2 Å². The van der Waals surface area contributed by atoms with Gasteiger partial charge in [0, 0.05) is 28.6 Å². The maximum atomic E-state index is 13.1. The van der Waals surface area contributed by atoms with Crippen LogP contribution in [-0.4, -0.2) is 28.2 Å². The number of anilines is 3. The van der Waals surface area contributed by atoms with E-state index >= 15 is 0 Å². The number of hydrogen-bond acceptors (Lipinski definition) is 6. The average Bonchev–Trinajstić information content (AvgIpc) is 3.17. The van der Waals surface area contributed by atoms with E-state index in [0.29, 0.717) is 11.4 Å². The van der Waals surface area contributed by atoms with Crippen molar-refractivity contribution in [2.45, 2.75) is 0 Å². The summed E-state index contributed by atoms with van der Waals surface area (Å²) < 4.78 is 0.982. The zero-order chi connectivity index (χ0) is 26.1. The molecule has 0 atom stereocenters. The van der Waals surface area contributed by atoms with Crippen molar-refractivity contribution in [3.05, 3.63) is 118 Å². The Kier molecular flexibility index (Phi) is 5.82. The van der Waals surface area contributed by atoms with Gasteiger partial charge in [-0.15, -0.1) is 0 Å². The lowest BCUT2D eigenvalue weighted by Gasteiger charge is -2.15. The van der Waals surface area contributed by atoms with Gasteiger partial charge < -0.3 is 16.4 Å². The molecule has 1 aliphatic heterocycles. The molecule has 0 bridgehead atoms. The summed E-state index contributed by atoms with van der Waals surface area (Å²) in [6, 6.07) is 22.5. The SMILES string of the molecule is Nc1c2c(cc(=O)n1-c1cc(C(=O)Nc3ccccc3)cc(C(=O)Nc3ccccc3)c1)C(=O)NC2=O. The van der Waals surface area contributed by atoms with Crippen LogP contribution in [0.5, 0.6) is 0 Å². The average molecular weight is 493 g/mol. The summed E-state index contributed by atoms with van der Waals surface area (Å²) >= 11 is 0. The first-order valence-corrected chi connectivity index (χ1v) is 11.1. The molecule has 0 saturated heterocycles. The lowest BCUT2D eigenvalue weighted by molar-refractivity contribution is 0.0878. The second kappa shape index (κ2) is 9.27. The summed E-state index contributed by atoms with van der Waals surface area (Å²) in [5, 5.41) is 7.58. The fraction of sp³-hybridized carbons (Fsp3) is 0. The van der Waals surface area contributed by atoms with Gasteiger partial charge in [-0.2, -0.15) is 0 Å². The summed E-state index contributed by atoms with van der Waals surface area (Å²) in [5.41, 5.74) is 6.41. The normalized spacial score (nSPS) is 12.0. The Morgan fingerprint density at radius 3 is 1.73 bits per heavy atom. The molecule has 0 radical (unpaired) electrons. The molecule has 5 rings (SSSR count). The number of carbonyl (C=O) groups excluding carboxylic acids is 4. The number of carbonyl (C=O) groups is 4. The number of nitrogen functional groups attached to an aromatic ring is 1. The topological polar surface area (TPSA) is 152 Å². The quantitative estimate of drug-likeness (QED) is 0.314. The molecular formula is C27H19N5O5. The van der Waals surface area contributed by atoms with Gasteiger partial charge in [-0.1, -0.05) is 36.4 Å². The zero-order valence-electron chi connectivity index (χ0n) is 19.1. The highest BCUT2D eigenvalue weighted by atomic mass is 16.2. The second-order valence-corrected chi connectivity index (χ2v) is 8.18. The van der Waals surface area contributed by atoms with Crippen LogP contribution < -0.4 is 27.2 Å². The molecule has 0 spiro atoms. The lowest BCUT2D eigenvalue weighted by Crippen LogP contribution is -2.25. The number of amides is 4. The number of nitrogens with two attached hydrogens (primary N) is 1. The third-order valence-electron chi connectivity index (χ3n) is 5.72. The van der Waals surface area contributed by atoms with Crippen LogP contribution >= 0.6 is 0 Å². The van der Waals surface area contributed by atoms with E-state index in [1.54, 1.807) is 60.7 Å². The van der Waals surface area contributed by atoms with Crippen LogP contribution in [-0.2, 0) is 0 Å². The number of pyridine rings is 1. The standard InChI is InChI=1S/C27H19N5O5/c28-23-22-20(26(36)31-27(22)37)14-21(33)32(23)19-12-15(24(34)29-17-7-3-1-4-8-17)11-16(13-19)25(35)30-18-9-5-2-6-10-18/h1-14H,28H2,(H,29,34)(H,30,35)(H,31,36,37). The first-order valence-electron chi connectivity index (χ1n) is 11.1. The van der Waals surface area contributed by atoms with Gasteiger partial charge in [0.05, 0.1) is 16.8 Å². The van der Waals surface area contributed by atoms with E-state index in [1.165, 1.54) is 18.2 Å². The molecule has 3 aromatic carbocycles. The van der Waals surface area contributed by atoms with Gasteiger partial charge in [-0.3, -0.25) is 33.9 Å². The Hall–Kier alpha value is -5.51. The van der Waals surface area contributed by atoms with E-state index in [-0.39, 0.29) is 33.8 Å². The fourth-order valence-electron chi connectivity index (χ4n) is 4.00. The predicted molar refractivity (Wildman–Crippen MR) is 137 cm³/mol. The maximum Gasteiger partial charge on any atom is 0.262 e. The van der Waals surface area contributed by atoms with Crippen molar-refractivity contribution in [2.24, 2.45) is 0 Å². The van der Waals surface area contributed by atoms with Crippen LogP contribution in [0.2, 0.25) is 0 Å². The van der Waals surface area contributed by atoms with Crippen LogP contribution in [0.25, 0.3) is 5.69 Å². The molecule has 4 amide bonds. The Morgan fingerprint density at radius 1 is 0.703 bits per heavy atom. The predicted octanol–water partition coefficient (Wildman–Crippen LogP) is 2.81. The summed E-state index contributed by atoms with van der Waals surface area (Å²) in [6.07, 6.45) is 0. The molecule has 0 saturated carbocycles. The number of rotatable bonds is 5. The number of aromatic nitrogens is 1. The minimum absolute atomic E-state index is 0.0619. The fourth-order valence-corrected chi connectivity index (χ4v) is 4.00. The van der Waals surface area contributed by atoms with Gasteiger partial charge in [0.2, 0.25) is 0 Å². The minimum Gasteiger partial charge on any atom is -0.384 e. The number of benzene rings is 3. The maximum absolute atomic E-state index is 13.1. The van der Waals surface area contributed by atoms with E-state index in [4.69, 9.17) is 5.73 Å². The number of imide groups is 1. The second-order valence-electron chi connectivity index (χ2n) is 8.18. The van der Waals surface area contributed by atoms with Crippen molar-refractivity contribution in [1.82, 2.24) is 9.88 Å². The molecule has 1 aromatic heterocycles. The molecule has 182 valence electrons. The molecule has 10 nitrogen and oxygen atoms in total. The largest absolute Gasteiger partial charge is 0.384 e. The highest BCUT2D eigenvalue weighted by molar-refractivity contribution is 6.23. The number of nitrogens with zero attached hydrogens (tertiary/aromatic N) is 1. The molecular weight excluding hydrogens is 474 g/mol. The molecule has 0 fully saturated rings. The third-order valence-corrected chi connectivity index (χ3v) is 5.72. The van der Waals surface area contributed by atoms with Gasteiger partial charge in [-0.05, 0) is 42.5 Å². The summed E-state index contributed by atoms with van der Waals surface area (Å²) in [5.74, 6) is -2.84. The Labute approximate surface area is 209 Å². The van der Waals surface area contributed by atoms with Gasteiger partial charge in [0.1, 0.15) is 5.82 Å². The zero-order valence-corrected chi connectivity index (χ0v) is 19.1. The van der Waals surface area contributed by atoms with E-state index in [9.17, 15) is 24.0 Å². The van der Waals surface area contributed by atoms with Crippen LogP contribution in [0, 0.1) is 0 Å². The van der Waals surface area contributed by atoms with E-state index in [0.717, 1.165) is 10.6 Å².